The molecule has 1 fully saturated rings. The van der Waals surface area contributed by atoms with Crippen LogP contribution < -0.4 is 10.2 Å². The minimum absolute atomic E-state index is 0.0638. The summed E-state index contributed by atoms with van der Waals surface area (Å²) in [4.78, 5) is 16.6. The van der Waals surface area contributed by atoms with Crippen LogP contribution in [-0.2, 0) is 4.79 Å². The third kappa shape index (κ3) is 4.65. The Kier molecular flexibility index (Phi) is 6.09. The summed E-state index contributed by atoms with van der Waals surface area (Å²) in [5.74, 6) is -0.450. The number of halogens is 2. The maximum Gasteiger partial charge on any atom is 0.241 e. The zero-order valence-corrected chi connectivity index (χ0v) is 16.5. The quantitative estimate of drug-likeness (QED) is 0.804. The van der Waals surface area contributed by atoms with Gasteiger partial charge in [-0.25, -0.2) is 4.39 Å². The molecule has 27 heavy (non-hydrogen) atoms. The molecule has 1 heterocycles. The first-order chi connectivity index (χ1) is 13.0. The predicted molar refractivity (Wildman–Crippen MR) is 107 cm³/mol. The third-order valence-corrected chi connectivity index (χ3v) is 5.24. The van der Waals surface area contributed by atoms with E-state index in [-0.39, 0.29) is 17.8 Å². The fraction of sp³-hybridized carbons (Fsp3) is 0.300. The van der Waals surface area contributed by atoms with E-state index in [0.29, 0.717) is 37.4 Å². The maximum atomic E-state index is 14.2. The number of hydrogen-bond donors (Lipinski definition) is 1. The van der Waals surface area contributed by atoms with Crippen molar-refractivity contribution in [2.75, 3.05) is 36.4 Å². The van der Waals surface area contributed by atoms with Gasteiger partial charge in [0.2, 0.25) is 5.91 Å². The van der Waals surface area contributed by atoms with Crippen LogP contribution in [0.25, 0.3) is 0 Å². The second-order valence-electron chi connectivity index (χ2n) is 6.48. The number of nitrogens with one attached hydrogen (secondary N) is 1. The lowest BCUT2D eigenvalue weighted by Gasteiger charge is -2.38. The van der Waals surface area contributed by atoms with Crippen LogP contribution in [0.1, 0.15) is 12.5 Å². The Balaban J connectivity index is 1.58. The number of carbonyl (C=O) groups is 1. The molecule has 1 aliphatic heterocycles. The number of benzene rings is 2. The molecule has 1 unspecified atom stereocenters. The first-order valence-electron chi connectivity index (χ1n) is 8.73. The number of amides is 1. The van der Waals surface area contributed by atoms with E-state index in [1.54, 1.807) is 12.1 Å². The van der Waals surface area contributed by atoms with Crippen molar-refractivity contribution in [1.82, 2.24) is 4.90 Å². The van der Waals surface area contributed by atoms with Gasteiger partial charge in [-0.05, 0) is 43.3 Å². The maximum absolute atomic E-state index is 14.2. The molecule has 140 valence electrons. The highest BCUT2D eigenvalue weighted by atomic mass is 79.9. The van der Waals surface area contributed by atoms with Crippen LogP contribution >= 0.6 is 15.9 Å². The number of anilines is 2. The van der Waals surface area contributed by atoms with E-state index < -0.39 is 0 Å². The van der Waals surface area contributed by atoms with Crippen LogP contribution in [0.3, 0.4) is 0 Å². The zero-order chi connectivity index (χ0) is 19.4. The van der Waals surface area contributed by atoms with Gasteiger partial charge in [-0.2, -0.15) is 5.26 Å². The molecule has 0 bridgehead atoms. The van der Waals surface area contributed by atoms with Gasteiger partial charge in [0.1, 0.15) is 5.82 Å². The number of rotatable bonds is 4. The van der Waals surface area contributed by atoms with Crippen LogP contribution in [0.5, 0.6) is 0 Å². The molecule has 7 heteroatoms. The molecule has 2 aromatic carbocycles. The first kappa shape index (κ1) is 19.3. The van der Waals surface area contributed by atoms with Crippen molar-refractivity contribution in [2.45, 2.75) is 13.0 Å². The Morgan fingerprint density at radius 2 is 1.96 bits per heavy atom. The third-order valence-electron chi connectivity index (χ3n) is 4.75. The van der Waals surface area contributed by atoms with Gasteiger partial charge >= 0.3 is 0 Å². The van der Waals surface area contributed by atoms with Gasteiger partial charge in [0.05, 0.1) is 23.4 Å². The van der Waals surface area contributed by atoms with E-state index in [1.807, 2.05) is 42.2 Å². The molecule has 1 N–H and O–H groups in total. The van der Waals surface area contributed by atoms with Crippen LogP contribution in [-0.4, -0.2) is 43.0 Å². The highest BCUT2D eigenvalue weighted by molar-refractivity contribution is 9.10. The minimum Gasteiger partial charge on any atom is -0.367 e. The lowest BCUT2D eigenvalue weighted by atomic mass is 10.1. The molecule has 5 nitrogen and oxygen atoms in total. The minimum atomic E-state index is -0.386. The lowest BCUT2D eigenvalue weighted by molar-refractivity contribution is -0.120. The Bertz CT molecular complexity index is 875. The van der Waals surface area contributed by atoms with Crippen molar-refractivity contribution >= 4 is 33.2 Å². The summed E-state index contributed by atoms with van der Waals surface area (Å²) >= 11 is 3.39. The second kappa shape index (κ2) is 8.51. The van der Waals surface area contributed by atoms with E-state index in [0.717, 1.165) is 10.2 Å². The van der Waals surface area contributed by atoms with Crippen molar-refractivity contribution < 1.29 is 9.18 Å². The normalized spacial score (nSPS) is 15.9. The molecule has 0 saturated carbocycles. The molecule has 1 atom stereocenters. The highest BCUT2D eigenvalue weighted by Gasteiger charge is 2.26. The molecule has 0 radical (unpaired) electrons. The Labute approximate surface area is 166 Å². The van der Waals surface area contributed by atoms with Gasteiger partial charge in [-0.15, -0.1) is 0 Å². The van der Waals surface area contributed by atoms with Crippen molar-refractivity contribution in [3.8, 4) is 6.07 Å². The Morgan fingerprint density at radius 3 is 2.59 bits per heavy atom. The average molecular weight is 431 g/mol. The van der Waals surface area contributed by atoms with Crippen molar-refractivity contribution in [3.63, 3.8) is 0 Å². The SMILES string of the molecule is CC(C(=O)Nc1cccc(Br)c1)N1CCN(c2ccc(C#N)cc2F)CC1. The standard InChI is InChI=1S/C20H20BrFN4O/c1-14(20(27)24-17-4-2-3-16(21)12-17)25-7-9-26(10-8-25)19-6-5-15(13-23)11-18(19)22/h2-6,11-12,14H,7-10H2,1H3,(H,24,27). The molecule has 1 amide bonds. The van der Waals surface area contributed by atoms with Crippen molar-refractivity contribution in [1.29, 1.82) is 5.26 Å². The van der Waals surface area contributed by atoms with Crippen LogP contribution in [0.15, 0.2) is 46.9 Å². The molecular formula is C20H20BrFN4O. The van der Waals surface area contributed by atoms with Gasteiger partial charge in [0, 0.05) is 36.3 Å². The number of nitriles is 1. The number of nitrogens with zero attached hydrogens (tertiary/aromatic N) is 3. The fourth-order valence-electron chi connectivity index (χ4n) is 3.16. The predicted octanol–water partition coefficient (Wildman–Crippen LogP) is 3.61. The molecule has 2 aromatic rings. The first-order valence-corrected chi connectivity index (χ1v) is 9.52. The summed E-state index contributed by atoms with van der Waals surface area (Å²) in [6, 6.07) is 13.7. The molecule has 0 aliphatic carbocycles. The molecule has 0 aromatic heterocycles. The van der Waals surface area contributed by atoms with Gasteiger partial charge in [-0.3, -0.25) is 9.69 Å². The summed E-state index contributed by atoms with van der Waals surface area (Å²) < 4.78 is 15.1. The Morgan fingerprint density at radius 1 is 1.22 bits per heavy atom. The molecular weight excluding hydrogens is 411 g/mol. The van der Waals surface area contributed by atoms with Gasteiger partial charge in [-0.1, -0.05) is 22.0 Å². The van der Waals surface area contributed by atoms with E-state index in [4.69, 9.17) is 5.26 Å². The molecule has 1 saturated heterocycles. The fourth-order valence-corrected chi connectivity index (χ4v) is 3.56. The van der Waals surface area contributed by atoms with Crippen LogP contribution in [0.2, 0.25) is 0 Å². The Hall–Kier alpha value is -2.43. The summed E-state index contributed by atoms with van der Waals surface area (Å²) in [5.41, 5.74) is 1.56. The number of piperazine rings is 1. The van der Waals surface area contributed by atoms with E-state index in [1.165, 1.54) is 6.07 Å². The lowest BCUT2D eigenvalue weighted by Crippen LogP contribution is -2.53. The van der Waals surface area contributed by atoms with E-state index in [2.05, 4.69) is 26.1 Å². The van der Waals surface area contributed by atoms with Crippen molar-refractivity contribution in [3.05, 3.63) is 58.3 Å². The van der Waals surface area contributed by atoms with Crippen LogP contribution in [0.4, 0.5) is 15.8 Å². The molecule has 0 spiro atoms. The van der Waals surface area contributed by atoms with E-state index >= 15 is 0 Å². The highest BCUT2D eigenvalue weighted by Crippen LogP contribution is 2.23. The number of carbonyl (C=O) groups excluding carboxylic acids is 1. The molecule has 1 aliphatic rings. The van der Waals surface area contributed by atoms with Gasteiger partial charge in [0.15, 0.2) is 0 Å². The topological polar surface area (TPSA) is 59.4 Å². The summed E-state index contributed by atoms with van der Waals surface area (Å²) in [7, 11) is 0. The summed E-state index contributed by atoms with van der Waals surface area (Å²) in [6.45, 7) is 4.44. The molecule has 3 rings (SSSR count). The number of hydrogen-bond acceptors (Lipinski definition) is 4. The largest absolute Gasteiger partial charge is 0.367 e. The van der Waals surface area contributed by atoms with E-state index in [9.17, 15) is 9.18 Å². The summed E-state index contributed by atoms with van der Waals surface area (Å²) in [5, 5.41) is 11.8. The zero-order valence-electron chi connectivity index (χ0n) is 15.0. The van der Waals surface area contributed by atoms with Gasteiger partial charge < -0.3 is 10.2 Å². The average Bonchev–Trinajstić information content (AvgIpc) is 2.67. The smallest absolute Gasteiger partial charge is 0.241 e. The summed E-state index contributed by atoms with van der Waals surface area (Å²) in [6.07, 6.45) is 0. The van der Waals surface area contributed by atoms with Crippen LogP contribution in [0, 0.1) is 17.1 Å². The van der Waals surface area contributed by atoms with Crippen molar-refractivity contribution in [2.24, 2.45) is 0 Å². The monoisotopic (exact) mass is 430 g/mol. The second-order valence-corrected chi connectivity index (χ2v) is 7.39. The van der Waals surface area contributed by atoms with Gasteiger partial charge in [0.25, 0.3) is 0 Å².